The number of amides is 2. The van der Waals surface area contributed by atoms with Gasteiger partial charge in [-0.25, -0.2) is 9.79 Å². The summed E-state index contributed by atoms with van der Waals surface area (Å²) in [5.41, 5.74) is 5.35. The van der Waals surface area contributed by atoms with Crippen molar-refractivity contribution in [3.05, 3.63) is 0 Å². The van der Waals surface area contributed by atoms with E-state index in [1.807, 2.05) is 37.5 Å². The molecule has 0 bridgehead atoms. The highest BCUT2D eigenvalue weighted by molar-refractivity contribution is 6.08. The first kappa shape index (κ1) is 33.7. The second-order valence-electron chi connectivity index (χ2n) is 14.9. The maximum absolute atomic E-state index is 14.3. The van der Waals surface area contributed by atoms with Gasteiger partial charge in [-0.15, -0.1) is 0 Å². The maximum atomic E-state index is 14.3. The number of rotatable bonds is 7. The average molecular weight is 602 g/mol. The van der Waals surface area contributed by atoms with Crippen molar-refractivity contribution in [3.8, 4) is 0 Å². The molecule has 0 spiro atoms. The quantitative estimate of drug-likeness (QED) is 0.387. The molecule has 9 heteroatoms. The fraction of sp³-hybridized carbons (Fsp3) is 0.882. The van der Waals surface area contributed by atoms with E-state index < -0.39 is 24.1 Å². The lowest BCUT2D eigenvalue weighted by molar-refractivity contribution is -0.152. The topological polar surface area (TPSA) is 120 Å². The molecule has 2 saturated heterocycles. The zero-order chi connectivity index (χ0) is 31.3. The van der Waals surface area contributed by atoms with Gasteiger partial charge in [0, 0.05) is 17.6 Å². The summed E-state index contributed by atoms with van der Waals surface area (Å²) in [6, 6.07) is -1.47. The fourth-order valence-electron chi connectivity index (χ4n) is 8.14. The van der Waals surface area contributed by atoms with Crippen molar-refractivity contribution >= 4 is 23.7 Å². The first-order valence-corrected chi connectivity index (χ1v) is 17.4. The Morgan fingerprint density at radius 3 is 2.09 bits per heavy atom. The van der Waals surface area contributed by atoms with Crippen LogP contribution in [0.5, 0.6) is 0 Å². The summed E-state index contributed by atoms with van der Waals surface area (Å²) in [6.45, 7) is 9.88. The van der Waals surface area contributed by atoms with E-state index in [4.69, 9.17) is 10.7 Å². The summed E-state index contributed by atoms with van der Waals surface area (Å²) >= 11 is 0. The van der Waals surface area contributed by atoms with E-state index >= 15 is 0 Å². The van der Waals surface area contributed by atoms with Crippen LogP contribution >= 0.6 is 0 Å². The van der Waals surface area contributed by atoms with Crippen LogP contribution in [0, 0.1) is 5.92 Å². The summed E-state index contributed by atoms with van der Waals surface area (Å²) in [5, 5.41) is 10.1. The van der Waals surface area contributed by atoms with Gasteiger partial charge in [0.1, 0.15) is 18.1 Å². The predicted molar refractivity (Wildman–Crippen MR) is 171 cm³/mol. The molecule has 0 aromatic rings. The number of nitrogens with zero attached hydrogens (tertiary/aromatic N) is 4. The zero-order valence-corrected chi connectivity index (χ0v) is 27.6. The van der Waals surface area contributed by atoms with Gasteiger partial charge in [-0.3, -0.25) is 14.5 Å². The predicted octanol–water partition coefficient (Wildman–Crippen LogP) is 5.70. The second kappa shape index (κ2) is 14.7. The van der Waals surface area contributed by atoms with E-state index in [0.717, 1.165) is 83.5 Å². The molecule has 3 aliphatic carbocycles. The van der Waals surface area contributed by atoms with E-state index in [1.54, 1.807) is 4.90 Å². The normalized spacial score (nSPS) is 30.7. The lowest BCUT2D eigenvalue weighted by atomic mass is 9.84. The van der Waals surface area contributed by atoms with Crippen molar-refractivity contribution in [1.82, 2.24) is 14.7 Å². The Balaban J connectivity index is 0.000000782. The number of hydrogen-bond donors (Lipinski definition) is 2. The largest absolute Gasteiger partial charge is 0.480 e. The number of fused-ring (bicyclic) bond motifs is 1. The molecule has 5 aliphatic rings. The number of carboxylic acids is 1. The van der Waals surface area contributed by atoms with Crippen LogP contribution < -0.4 is 5.73 Å². The molecule has 2 aliphatic heterocycles. The van der Waals surface area contributed by atoms with Gasteiger partial charge in [0.05, 0.1) is 6.04 Å². The summed E-state index contributed by atoms with van der Waals surface area (Å²) in [6.07, 6.45) is 17.1. The Labute approximate surface area is 260 Å². The van der Waals surface area contributed by atoms with Crippen molar-refractivity contribution in [1.29, 1.82) is 0 Å². The van der Waals surface area contributed by atoms with Crippen molar-refractivity contribution in [2.45, 2.75) is 186 Å². The van der Waals surface area contributed by atoms with Gasteiger partial charge < -0.3 is 20.6 Å². The van der Waals surface area contributed by atoms with Gasteiger partial charge >= 0.3 is 5.97 Å². The number of aliphatic carboxylic acids is 1. The first-order chi connectivity index (χ1) is 20.4. The van der Waals surface area contributed by atoms with E-state index in [0.29, 0.717) is 18.8 Å². The molecule has 2 amide bonds. The molecular weight excluding hydrogens is 542 g/mol. The number of nitrogens with two attached hydrogens (primary N) is 1. The standard InChI is InChI=1S/C30H48N4O4.C4H11N/c1-3-12-25-28(36)33(23-16-8-5-9-17-23)30(31-22-14-6-4-7-15-22)32(25)20(2)27(35)34-24-18-11-10-13-21(24)19-26(34)29(37)38;1-4(2,3)5/h20-26H,3-19H2,1-2H3,(H,37,38);5H2,1-3H3/t20-,21-,24-,25?,26-;/m0./s1. The molecule has 3 N–H and O–H groups in total. The molecule has 0 radical (unpaired) electrons. The van der Waals surface area contributed by atoms with Crippen molar-refractivity contribution in [2.75, 3.05) is 0 Å². The number of carbonyl (C=O) groups is 3. The maximum Gasteiger partial charge on any atom is 0.326 e. The molecule has 0 aromatic heterocycles. The first-order valence-electron chi connectivity index (χ1n) is 17.4. The fourth-order valence-corrected chi connectivity index (χ4v) is 8.14. The lowest BCUT2D eigenvalue weighted by Crippen LogP contribution is -2.56. The van der Waals surface area contributed by atoms with Crippen LogP contribution in [-0.4, -0.2) is 85.3 Å². The zero-order valence-electron chi connectivity index (χ0n) is 27.6. The molecule has 5 atom stereocenters. The van der Waals surface area contributed by atoms with Gasteiger partial charge in [0.15, 0.2) is 0 Å². The monoisotopic (exact) mass is 601 g/mol. The van der Waals surface area contributed by atoms with Crippen molar-refractivity contribution < 1.29 is 19.5 Å². The van der Waals surface area contributed by atoms with Crippen LogP contribution in [0.25, 0.3) is 0 Å². The summed E-state index contributed by atoms with van der Waals surface area (Å²) in [4.78, 5) is 51.7. The minimum absolute atomic E-state index is 0. The highest BCUT2D eigenvalue weighted by Gasteiger charge is 2.53. The van der Waals surface area contributed by atoms with Crippen molar-refractivity contribution in [3.63, 3.8) is 0 Å². The summed E-state index contributed by atoms with van der Waals surface area (Å²) < 4.78 is 0. The second-order valence-corrected chi connectivity index (χ2v) is 14.9. The SMILES string of the molecule is CC(C)(C)N.CCCC1C(=O)N(C2CCCCC2)C(=NC2CCCCC2)N1[C@@H](C)C(=O)N1[C@H](C(=O)O)C[C@@H]2CCCC[C@@H]21. The van der Waals surface area contributed by atoms with Crippen molar-refractivity contribution in [2.24, 2.45) is 16.6 Å². The van der Waals surface area contributed by atoms with Gasteiger partial charge in [0.25, 0.3) is 5.91 Å². The Hall–Kier alpha value is -2.16. The molecule has 1 unspecified atom stereocenters. The molecule has 0 aromatic carbocycles. The number of aliphatic imine (C=N–C) groups is 1. The van der Waals surface area contributed by atoms with Crippen LogP contribution in [0.15, 0.2) is 4.99 Å². The highest BCUT2D eigenvalue weighted by atomic mass is 16.4. The minimum atomic E-state index is -0.900. The number of guanidine groups is 1. The molecule has 244 valence electrons. The van der Waals surface area contributed by atoms with Crippen LogP contribution in [0.1, 0.15) is 144 Å². The van der Waals surface area contributed by atoms with Crippen LogP contribution in [0.3, 0.4) is 0 Å². The highest BCUT2D eigenvalue weighted by Crippen LogP contribution is 2.41. The average Bonchev–Trinajstić information content (AvgIpc) is 3.48. The molecule has 2 heterocycles. The molecule has 9 nitrogen and oxygen atoms in total. The van der Waals surface area contributed by atoms with Gasteiger partial charge in [-0.2, -0.15) is 0 Å². The lowest BCUT2D eigenvalue weighted by Gasteiger charge is -2.39. The molecule has 43 heavy (non-hydrogen) atoms. The summed E-state index contributed by atoms with van der Waals surface area (Å²) in [5.74, 6) is 0.0332. The smallest absolute Gasteiger partial charge is 0.326 e. The Bertz CT molecular complexity index is 991. The van der Waals surface area contributed by atoms with Crippen LogP contribution in [0.2, 0.25) is 0 Å². The van der Waals surface area contributed by atoms with E-state index in [-0.39, 0.29) is 41.4 Å². The van der Waals surface area contributed by atoms with E-state index in [9.17, 15) is 19.5 Å². The third-order valence-electron chi connectivity index (χ3n) is 10.1. The third kappa shape index (κ3) is 8.12. The Morgan fingerprint density at radius 1 is 0.953 bits per heavy atom. The van der Waals surface area contributed by atoms with E-state index in [1.165, 1.54) is 12.8 Å². The Kier molecular flexibility index (Phi) is 11.6. The number of likely N-dealkylation sites (tertiary alicyclic amines) is 1. The van der Waals surface area contributed by atoms with E-state index in [2.05, 4.69) is 6.92 Å². The van der Waals surface area contributed by atoms with Gasteiger partial charge in [-0.1, -0.05) is 64.7 Å². The molecule has 5 rings (SSSR count). The van der Waals surface area contributed by atoms with Crippen LogP contribution in [-0.2, 0) is 14.4 Å². The third-order valence-corrected chi connectivity index (χ3v) is 10.1. The van der Waals surface area contributed by atoms with Gasteiger partial charge in [0.2, 0.25) is 11.9 Å². The Morgan fingerprint density at radius 2 is 1.51 bits per heavy atom. The molecule has 3 saturated carbocycles. The van der Waals surface area contributed by atoms with Crippen LogP contribution in [0.4, 0.5) is 0 Å². The van der Waals surface area contributed by atoms with Gasteiger partial charge in [-0.05, 0) is 85.0 Å². The number of carbonyl (C=O) groups excluding carboxylic acids is 2. The summed E-state index contributed by atoms with van der Waals surface area (Å²) in [7, 11) is 0. The number of hydrogen-bond acceptors (Lipinski definition) is 5. The molecular formula is C34H59N5O4. The number of carboxylic acid groups (broad SMARTS) is 1. The minimum Gasteiger partial charge on any atom is -0.480 e. The molecule has 5 fully saturated rings.